The van der Waals surface area contributed by atoms with E-state index in [0.717, 1.165) is 17.0 Å². The van der Waals surface area contributed by atoms with Crippen molar-refractivity contribution in [2.75, 3.05) is 31.0 Å². The first-order valence-corrected chi connectivity index (χ1v) is 18.3. The molecule has 2 amide bonds. The highest BCUT2D eigenvalue weighted by molar-refractivity contribution is 6.32. The van der Waals surface area contributed by atoms with Gasteiger partial charge in [-0.05, 0) is 42.0 Å². The maximum absolute atomic E-state index is 15.2. The van der Waals surface area contributed by atoms with Gasteiger partial charge in [0.25, 0.3) is 0 Å². The summed E-state index contributed by atoms with van der Waals surface area (Å²) in [4.78, 5) is 84.4. The van der Waals surface area contributed by atoms with E-state index >= 15 is 9.59 Å². The third kappa shape index (κ3) is 5.38. The molecule has 1 aliphatic heterocycles. The summed E-state index contributed by atoms with van der Waals surface area (Å²) >= 11 is 0. The number of phenols is 1. The van der Waals surface area contributed by atoms with Crippen LogP contribution >= 0.6 is 0 Å². The largest absolute Gasteiger partial charge is 0.504 e. The van der Waals surface area contributed by atoms with Gasteiger partial charge >= 0.3 is 11.4 Å². The predicted octanol–water partition coefficient (Wildman–Crippen LogP) is 6.31. The Labute approximate surface area is 326 Å². The maximum atomic E-state index is 15.2. The van der Waals surface area contributed by atoms with Crippen molar-refractivity contribution in [1.29, 1.82) is 0 Å². The Balaban J connectivity index is 1.35. The molecule has 2 fully saturated rings. The molecule has 14 heteroatoms. The number of carbonyl (C=O) groups excluding carboxylic acids is 4. The molecule has 1 saturated carbocycles. The highest BCUT2D eigenvalue weighted by Crippen LogP contribution is 2.65. The summed E-state index contributed by atoms with van der Waals surface area (Å²) in [6, 6.07) is 24.5. The van der Waals surface area contributed by atoms with Gasteiger partial charge in [0.15, 0.2) is 28.8 Å². The molecule has 14 nitrogen and oxygen atoms in total. The van der Waals surface area contributed by atoms with E-state index in [2.05, 4.69) is 0 Å². The zero-order valence-corrected chi connectivity index (χ0v) is 31.0. The lowest BCUT2D eigenvalue weighted by atomic mass is 9.44. The highest BCUT2D eigenvalue weighted by Gasteiger charge is 2.66. The van der Waals surface area contributed by atoms with Gasteiger partial charge in [-0.3, -0.25) is 39.4 Å². The van der Waals surface area contributed by atoms with E-state index in [4.69, 9.17) is 4.74 Å². The van der Waals surface area contributed by atoms with Crippen LogP contribution in [0.15, 0.2) is 109 Å². The van der Waals surface area contributed by atoms with Crippen LogP contribution in [0, 0.1) is 43.9 Å². The number of nitro groups is 2. The SMILES string of the molecule is COc1cccc(C2C3=CCC4C(=O)N(c5cc([N+](=O)[O-])c(N(C)C)c([N+](=O)[O-])c5)C(=O)C4C3CC3C(=O)C(c4ccccc4)=CC(=O)C32c2ccccc2)c1O. The van der Waals surface area contributed by atoms with E-state index in [9.17, 15) is 34.9 Å². The summed E-state index contributed by atoms with van der Waals surface area (Å²) in [7, 11) is 4.21. The lowest BCUT2D eigenvalue weighted by Crippen LogP contribution is -2.58. The van der Waals surface area contributed by atoms with Crippen LogP contribution in [0.25, 0.3) is 5.57 Å². The molecule has 0 radical (unpaired) electrons. The van der Waals surface area contributed by atoms with Gasteiger partial charge < -0.3 is 14.7 Å². The number of nitrogens with zero attached hydrogens (tertiary/aromatic N) is 4. The van der Waals surface area contributed by atoms with Crippen molar-refractivity contribution in [2.24, 2.45) is 23.7 Å². The Morgan fingerprint density at radius 2 is 1.47 bits per heavy atom. The third-order valence-electron chi connectivity index (χ3n) is 12.1. The number of hydrogen-bond donors (Lipinski definition) is 1. The molecule has 0 aromatic heterocycles. The van der Waals surface area contributed by atoms with Crippen LogP contribution in [0.5, 0.6) is 11.5 Å². The quantitative estimate of drug-likeness (QED) is 0.0915. The topological polar surface area (TPSA) is 190 Å². The molecule has 4 aliphatic rings. The summed E-state index contributed by atoms with van der Waals surface area (Å²) in [5, 5.41) is 36.3. The van der Waals surface area contributed by atoms with E-state index in [0.29, 0.717) is 16.7 Å². The number of phenolic OH excluding ortho intramolecular Hbond substituents is 1. The van der Waals surface area contributed by atoms with Crippen molar-refractivity contribution in [3.63, 3.8) is 0 Å². The van der Waals surface area contributed by atoms with Crippen molar-refractivity contribution < 1.29 is 38.9 Å². The molecule has 6 unspecified atom stereocenters. The number of nitro benzene ring substituents is 2. The van der Waals surface area contributed by atoms with Crippen LogP contribution in [0.1, 0.15) is 35.4 Å². The van der Waals surface area contributed by atoms with Crippen molar-refractivity contribution in [1.82, 2.24) is 0 Å². The summed E-state index contributed by atoms with van der Waals surface area (Å²) in [5.74, 6) is -7.33. The van der Waals surface area contributed by atoms with Gasteiger partial charge in [0, 0.05) is 49.2 Å². The van der Waals surface area contributed by atoms with Crippen LogP contribution in [0.3, 0.4) is 0 Å². The summed E-state index contributed by atoms with van der Waals surface area (Å²) in [5.41, 5.74) is -1.44. The molecule has 3 aliphatic carbocycles. The number of ether oxygens (including phenoxy) is 1. The van der Waals surface area contributed by atoms with Gasteiger partial charge in [0.1, 0.15) is 0 Å². The Hall–Kier alpha value is -6.96. The number of methoxy groups -OCH3 is 1. The van der Waals surface area contributed by atoms with E-state index < -0.39 is 68.0 Å². The second-order valence-electron chi connectivity index (χ2n) is 14.9. The molecule has 0 spiro atoms. The maximum Gasteiger partial charge on any atom is 0.301 e. The molecule has 1 heterocycles. The second-order valence-corrected chi connectivity index (χ2v) is 14.9. The van der Waals surface area contributed by atoms with Crippen LogP contribution in [-0.2, 0) is 24.6 Å². The number of benzene rings is 4. The zero-order valence-electron chi connectivity index (χ0n) is 31.0. The third-order valence-corrected chi connectivity index (χ3v) is 12.1. The molecule has 1 N–H and O–H groups in total. The molecular weight excluding hydrogens is 732 g/mol. The van der Waals surface area contributed by atoms with E-state index in [1.165, 1.54) is 32.2 Å². The fourth-order valence-corrected chi connectivity index (χ4v) is 9.87. The number of aromatic hydroxyl groups is 1. The minimum Gasteiger partial charge on any atom is -0.504 e. The van der Waals surface area contributed by atoms with Crippen molar-refractivity contribution in [2.45, 2.75) is 24.2 Å². The number of carbonyl (C=O) groups is 4. The van der Waals surface area contributed by atoms with Gasteiger partial charge in [0.05, 0.1) is 39.9 Å². The Morgan fingerprint density at radius 3 is 2.07 bits per heavy atom. The Bertz CT molecular complexity index is 2440. The van der Waals surface area contributed by atoms with Gasteiger partial charge in [-0.1, -0.05) is 84.4 Å². The highest BCUT2D eigenvalue weighted by atomic mass is 16.6. The first-order valence-electron chi connectivity index (χ1n) is 18.3. The van der Waals surface area contributed by atoms with Crippen molar-refractivity contribution in [3.05, 3.63) is 146 Å². The zero-order chi connectivity index (χ0) is 40.5. The van der Waals surface area contributed by atoms with Crippen LogP contribution in [0.4, 0.5) is 22.7 Å². The molecule has 0 bridgehead atoms. The minimum atomic E-state index is -1.61. The van der Waals surface area contributed by atoms with E-state index in [-0.39, 0.29) is 58.4 Å². The molecule has 57 heavy (non-hydrogen) atoms. The molecule has 288 valence electrons. The van der Waals surface area contributed by atoms with Crippen LogP contribution < -0.4 is 14.5 Å². The number of Topliss-reactive ketones (excluding diaryl/α,β-unsaturated/α-hetero) is 1. The lowest BCUT2D eigenvalue weighted by molar-refractivity contribution is -0.392. The normalized spacial score (nSPS) is 25.2. The number of allylic oxidation sites excluding steroid dienone is 4. The number of rotatable bonds is 8. The average molecular weight is 769 g/mol. The van der Waals surface area contributed by atoms with Crippen molar-refractivity contribution >= 4 is 51.7 Å². The molecule has 6 atom stereocenters. The molecular formula is C43H36N4O10. The number of fused-ring (bicyclic) bond motifs is 4. The number of anilines is 2. The molecule has 4 aromatic rings. The standard InChI is InChI=1S/C43H36N4O10/c1-44(2)38-32(46(53)54)19-25(20-33(38)47(55)56)45-41(51)27-18-17-26-30(36(27)42(45)52)21-31-39(49)29(23-11-6-4-7-12-23)22-35(48)43(31,24-13-8-5-9-14-24)37(26)28-15-10-16-34(57-3)40(28)50/h4-17,19-20,22,27,30-31,36-37,50H,18,21H2,1-3H3. The Kier molecular flexibility index (Phi) is 8.86. The molecule has 1 saturated heterocycles. The van der Waals surface area contributed by atoms with Gasteiger partial charge in [-0.2, -0.15) is 0 Å². The van der Waals surface area contributed by atoms with Crippen molar-refractivity contribution in [3.8, 4) is 11.5 Å². The summed E-state index contributed by atoms with van der Waals surface area (Å²) in [6.45, 7) is 0. The lowest BCUT2D eigenvalue weighted by Gasteiger charge is -2.55. The first-order chi connectivity index (χ1) is 27.3. The smallest absolute Gasteiger partial charge is 0.301 e. The van der Waals surface area contributed by atoms with Gasteiger partial charge in [-0.25, -0.2) is 4.90 Å². The van der Waals surface area contributed by atoms with Crippen LogP contribution in [0.2, 0.25) is 0 Å². The predicted molar refractivity (Wildman–Crippen MR) is 208 cm³/mol. The fraction of sp³-hybridized carbons (Fsp3) is 0.256. The number of amides is 2. The molecule has 4 aromatic carbocycles. The number of ketones is 2. The Morgan fingerprint density at radius 1 is 0.842 bits per heavy atom. The number of hydrogen-bond acceptors (Lipinski definition) is 11. The molecule has 8 rings (SSSR count). The van der Waals surface area contributed by atoms with Crippen LogP contribution in [-0.4, -0.2) is 59.5 Å². The second kappa shape index (κ2) is 13.7. The average Bonchev–Trinajstić information content (AvgIpc) is 3.47. The van der Waals surface area contributed by atoms with Gasteiger partial charge in [0.2, 0.25) is 11.8 Å². The fourth-order valence-electron chi connectivity index (χ4n) is 9.87. The number of para-hydroxylation sites is 1. The minimum absolute atomic E-state index is 0.0154. The van der Waals surface area contributed by atoms with E-state index in [1.807, 2.05) is 0 Å². The summed E-state index contributed by atoms with van der Waals surface area (Å²) in [6.07, 6.45) is 3.16. The first kappa shape index (κ1) is 37.0. The monoisotopic (exact) mass is 768 g/mol. The van der Waals surface area contributed by atoms with E-state index in [1.54, 1.807) is 84.9 Å². The van der Waals surface area contributed by atoms with Gasteiger partial charge in [-0.15, -0.1) is 0 Å². The summed E-state index contributed by atoms with van der Waals surface area (Å²) < 4.78 is 5.51. The number of imide groups is 1.